The van der Waals surface area contributed by atoms with Gasteiger partial charge in [0.05, 0.1) is 20.1 Å². The summed E-state index contributed by atoms with van der Waals surface area (Å²) in [7, 11) is 1.28. The molecule has 1 rings (SSSR count). The minimum absolute atomic E-state index is 0.0312. The molecule has 1 fully saturated rings. The summed E-state index contributed by atoms with van der Waals surface area (Å²) in [6.45, 7) is 5.67. The number of nitrogens with zero attached hydrogens (tertiary/aromatic N) is 1. The number of carbonyl (C=O) groups excluding carboxylic acids is 2. The Morgan fingerprint density at radius 3 is 2.47 bits per heavy atom. The second-order valence-electron chi connectivity index (χ2n) is 5.77. The number of piperidine rings is 1. The van der Waals surface area contributed by atoms with Crippen LogP contribution in [-0.4, -0.2) is 48.9 Å². The lowest BCUT2D eigenvalue weighted by Gasteiger charge is -2.35. The average molecular weight is 275 g/mol. The molecule has 1 aliphatic rings. The van der Waals surface area contributed by atoms with E-state index in [1.165, 1.54) is 12.0 Å². The van der Waals surface area contributed by atoms with Gasteiger partial charge in [0.15, 0.2) is 0 Å². The van der Waals surface area contributed by atoms with Crippen molar-refractivity contribution < 1.29 is 23.5 Å². The maximum Gasteiger partial charge on any atom is 0.410 e. The van der Waals surface area contributed by atoms with Crippen molar-refractivity contribution in [2.45, 2.75) is 45.4 Å². The highest BCUT2D eigenvalue weighted by Gasteiger charge is 2.34. The number of esters is 1. The zero-order valence-corrected chi connectivity index (χ0v) is 11.9. The van der Waals surface area contributed by atoms with Gasteiger partial charge < -0.3 is 14.4 Å². The van der Waals surface area contributed by atoms with E-state index < -0.39 is 23.8 Å². The molecule has 0 saturated carbocycles. The third-order valence-corrected chi connectivity index (χ3v) is 2.98. The molecule has 6 heteroatoms. The summed E-state index contributed by atoms with van der Waals surface area (Å²) in [6, 6.07) is 0. The number of hydrogen-bond donors (Lipinski definition) is 0. The fourth-order valence-electron chi connectivity index (χ4n) is 1.97. The van der Waals surface area contributed by atoms with Crippen LogP contribution in [0.3, 0.4) is 0 Å². The van der Waals surface area contributed by atoms with Crippen LogP contribution in [0.25, 0.3) is 0 Å². The number of likely N-dealkylation sites (tertiary alicyclic amines) is 1. The molecule has 2 atom stereocenters. The third kappa shape index (κ3) is 5.04. The average Bonchev–Trinajstić information content (AvgIpc) is 2.29. The first-order chi connectivity index (χ1) is 8.73. The molecular weight excluding hydrogens is 253 g/mol. The van der Waals surface area contributed by atoms with Crippen molar-refractivity contribution in [3.63, 3.8) is 0 Å². The van der Waals surface area contributed by atoms with Gasteiger partial charge in [0.25, 0.3) is 0 Å². The lowest BCUT2D eigenvalue weighted by atomic mass is 9.92. The number of rotatable bonds is 2. The first-order valence-electron chi connectivity index (χ1n) is 6.41. The van der Waals surface area contributed by atoms with E-state index in [-0.39, 0.29) is 18.9 Å². The second kappa shape index (κ2) is 6.21. The van der Waals surface area contributed by atoms with Crippen LogP contribution in [0.2, 0.25) is 0 Å². The highest BCUT2D eigenvalue weighted by Crippen LogP contribution is 2.25. The van der Waals surface area contributed by atoms with Crippen molar-refractivity contribution >= 4 is 12.1 Å². The number of amides is 1. The van der Waals surface area contributed by atoms with Crippen molar-refractivity contribution in [1.82, 2.24) is 4.90 Å². The van der Waals surface area contributed by atoms with Crippen LogP contribution in [0, 0.1) is 5.92 Å². The van der Waals surface area contributed by atoms with Crippen LogP contribution >= 0.6 is 0 Å². The largest absolute Gasteiger partial charge is 0.469 e. The molecule has 0 unspecified atom stereocenters. The molecule has 0 aliphatic carbocycles. The topological polar surface area (TPSA) is 55.8 Å². The van der Waals surface area contributed by atoms with Crippen molar-refractivity contribution in [1.29, 1.82) is 0 Å². The van der Waals surface area contributed by atoms with Crippen molar-refractivity contribution in [2.75, 3.05) is 20.2 Å². The highest BCUT2D eigenvalue weighted by atomic mass is 19.1. The van der Waals surface area contributed by atoms with E-state index in [9.17, 15) is 14.0 Å². The van der Waals surface area contributed by atoms with E-state index in [0.29, 0.717) is 13.0 Å². The Balaban J connectivity index is 2.49. The molecule has 1 amide bonds. The van der Waals surface area contributed by atoms with E-state index >= 15 is 0 Å². The monoisotopic (exact) mass is 275 g/mol. The van der Waals surface area contributed by atoms with E-state index in [1.807, 2.05) is 0 Å². The Hall–Kier alpha value is -1.33. The van der Waals surface area contributed by atoms with Gasteiger partial charge in [-0.1, -0.05) is 0 Å². The van der Waals surface area contributed by atoms with E-state index in [2.05, 4.69) is 4.74 Å². The Labute approximate surface area is 113 Å². The molecule has 19 heavy (non-hydrogen) atoms. The van der Waals surface area contributed by atoms with Crippen LogP contribution in [0.1, 0.15) is 33.6 Å². The van der Waals surface area contributed by atoms with Crippen molar-refractivity contribution in [3.8, 4) is 0 Å². The zero-order valence-electron chi connectivity index (χ0n) is 11.9. The number of hydrogen-bond acceptors (Lipinski definition) is 4. The van der Waals surface area contributed by atoms with Crippen molar-refractivity contribution in [3.05, 3.63) is 0 Å². The number of methoxy groups -OCH3 is 1. The summed E-state index contributed by atoms with van der Waals surface area (Å²) in [4.78, 5) is 24.3. The van der Waals surface area contributed by atoms with Gasteiger partial charge in [0, 0.05) is 12.5 Å². The summed E-state index contributed by atoms with van der Waals surface area (Å²) in [5.41, 5.74) is -0.592. The second-order valence-corrected chi connectivity index (χ2v) is 5.77. The van der Waals surface area contributed by atoms with Gasteiger partial charge in [0.2, 0.25) is 0 Å². The van der Waals surface area contributed by atoms with Gasteiger partial charge in [-0.15, -0.1) is 0 Å². The predicted octanol–water partition coefficient (Wildman–Crippen LogP) is 2.14. The van der Waals surface area contributed by atoms with Crippen LogP contribution in [-0.2, 0) is 14.3 Å². The quantitative estimate of drug-likeness (QED) is 0.725. The fourth-order valence-corrected chi connectivity index (χ4v) is 1.97. The third-order valence-electron chi connectivity index (χ3n) is 2.98. The molecule has 1 saturated heterocycles. The SMILES string of the molecule is COC(=O)C[C@H]1CCN(C(=O)OC(C)(C)C)C[C@H]1F. The molecule has 0 spiro atoms. The molecular formula is C13H22FNO4. The molecule has 0 bridgehead atoms. The van der Waals surface area contributed by atoms with Gasteiger partial charge in [-0.25, -0.2) is 9.18 Å². The predicted molar refractivity (Wildman–Crippen MR) is 67.4 cm³/mol. The molecule has 1 aliphatic heterocycles. The van der Waals surface area contributed by atoms with Gasteiger partial charge in [0.1, 0.15) is 11.8 Å². The van der Waals surface area contributed by atoms with Crippen LogP contribution < -0.4 is 0 Å². The Morgan fingerprint density at radius 2 is 2.00 bits per heavy atom. The van der Waals surface area contributed by atoms with E-state index in [4.69, 9.17) is 4.74 Å². The van der Waals surface area contributed by atoms with Crippen molar-refractivity contribution in [2.24, 2.45) is 5.92 Å². The molecule has 0 N–H and O–H groups in total. The molecule has 0 aromatic heterocycles. The number of ether oxygens (including phenoxy) is 2. The molecule has 110 valence electrons. The normalized spacial score (nSPS) is 23.9. The highest BCUT2D eigenvalue weighted by molar-refractivity contribution is 5.70. The van der Waals surface area contributed by atoms with Crippen LogP contribution in [0.5, 0.6) is 0 Å². The summed E-state index contributed by atoms with van der Waals surface area (Å²) in [5.74, 6) is -0.801. The summed E-state index contributed by atoms with van der Waals surface area (Å²) >= 11 is 0. The molecule has 0 aromatic carbocycles. The molecule has 1 heterocycles. The molecule has 5 nitrogen and oxygen atoms in total. The minimum Gasteiger partial charge on any atom is -0.469 e. The smallest absolute Gasteiger partial charge is 0.410 e. The lowest BCUT2D eigenvalue weighted by Crippen LogP contribution is -2.47. The van der Waals surface area contributed by atoms with Crippen LogP contribution in [0.4, 0.5) is 9.18 Å². The summed E-state index contributed by atoms with van der Waals surface area (Å²) < 4.78 is 23.7. The molecule has 0 aromatic rings. The Kier molecular flexibility index (Phi) is 5.14. The Morgan fingerprint density at radius 1 is 1.37 bits per heavy atom. The summed E-state index contributed by atoms with van der Waals surface area (Å²) in [6.07, 6.45) is -1.23. The lowest BCUT2D eigenvalue weighted by molar-refractivity contribution is -0.142. The van der Waals surface area contributed by atoms with Crippen LogP contribution in [0.15, 0.2) is 0 Å². The fraction of sp³-hybridized carbons (Fsp3) is 0.846. The first kappa shape index (κ1) is 15.7. The van der Waals surface area contributed by atoms with E-state index in [1.54, 1.807) is 20.8 Å². The molecule has 0 radical (unpaired) electrons. The van der Waals surface area contributed by atoms with Gasteiger partial charge in [-0.2, -0.15) is 0 Å². The zero-order chi connectivity index (χ0) is 14.6. The standard InChI is InChI=1S/C13H22FNO4/c1-13(2,3)19-12(17)15-6-5-9(10(14)8-15)7-11(16)18-4/h9-10H,5-8H2,1-4H3/t9-,10-/m1/s1. The minimum atomic E-state index is -1.22. The number of carbonyl (C=O) groups is 2. The number of alkyl halides is 1. The first-order valence-corrected chi connectivity index (χ1v) is 6.41. The van der Waals surface area contributed by atoms with Gasteiger partial charge in [-0.3, -0.25) is 4.79 Å². The maximum atomic E-state index is 13.9. The van der Waals surface area contributed by atoms with Gasteiger partial charge in [-0.05, 0) is 27.2 Å². The summed E-state index contributed by atoms with van der Waals surface area (Å²) in [5, 5.41) is 0. The van der Waals surface area contributed by atoms with Gasteiger partial charge >= 0.3 is 12.1 Å². The van der Waals surface area contributed by atoms with E-state index in [0.717, 1.165) is 0 Å². The maximum absolute atomic E-state index is 13.9. The Bertz CT molecular complexity index is 340. The number of halogens is 1.